The second kappa shape index (κ2) is 5.67. The fourth-order valence-electron chi connectivity index (χ4n) is 1.65. The Bertz CT molecular complexity index is 459. The SMILES string of the molecule is Cc1ccc(S(=O)(=O)CC2SCCCS2)cc1. The molecule has 0 spiro atoms. The van der Waals surface area contributed by atoms with E-state index in [9.17, 15) is 8.42 Å². The molecule has 0 amide bonds. The second-order valence-electron chi connectivity index (χ2n) is 4.12. The third kappa shape index (κ3) is 3.66. The molecule has 0 N–H and O–H groups in total. The van der Waals surface area contributed by atoms with Gasteiger partial charge in [0.2, 0.25) is 0 Å². The molecule has 0 bridgehead atoms. The zero-order chi connectivity index (χ0) is 12.3. The van der Waals surface area contributed by atoms with Crippen molar-refractivity contribution in [1.29, 1.82) is 0 Å². The van der Waals surface area contributed by atoms with E-state index in [-0.39, 0.29) is 10.3 Å². The topological polar surface area (TPSA) is 34.1 Å². The molecule has 1 aliphatic rings. The van der Waals surface area contributed by atoms with Gasteiger partial charge in [0.25, 0.3) is 0 Å². The zero-order valence-electron chi connectivity index (χ0n) is 9.76. The van der Waals surface area contributed by atoms with Gasteiger partial charge >= 0.3 is 0 Å². The normalized spacial score (nSPS) is 18.2. The van der Waals surface area contributed by atoms with Crippen molar-refractivity contribution in [1.82, 2.24) is 0 Å². The van der Waals surface area contributed by atoms with Crippen LogP contribution in [0.1, 0.15) is 12.0 Å². The molecule has 1 saturated heterocycles. The van der Waals surface area contributed by atoms with E-state index < -0.39 is 9.84 Å². The highest BCUT2D eigenvalue weighted by atomic mass is 32.2. The Kier molecular flexibility index (Phi) is 4.44. The average molecular weight is 288 g/mol. The van der Waals surface area contributed by atoms with Gasteiger partial charge in [-0.05, 0) is 37.0 Å². The Balaban J connectivity index is 2.10. The largest absolute Gasteiger partial charge is 0.224 e. The maximum Gasteiger partial charge on any atom is 0.180 e. The summed E-state index contributed by atoms with van der Waals surface area (Å²) >= 11 is 3.54. The molecular formula is C12H16O2S3. The third-order valence-electron chi connectivity index (χ3n) is 2.63. The molecule has 5 heteroatoms. The Morgan fingerprint density at radius 1 is 1.18 bits per heavy atom. The molecule has 0 aliphatic carbocycles. The van der Waals surface area contributed by atoms with Gasteiger partial charge in [-0.15, -0.1) is 23.5 Å². The van der Waals surface area contributed by atoms with Crippen molar-refractivity contribution >= 4 is 33.4 Å². The van der Waals surface area contributed by atoms with Crippen molar-refractivity contribution in [2.45, 2.75) is 22.8 Å². The molecule has 0 unspecified atom stereocenters. The average Bonchev–Trinajstić information content (AvgIpc) is 2.30. The number of aryl methyl sites for hydroxylation is 1. The van der Waals surface area contributed by atoms with E-state index in [1.165, 1.54) is 6.42 Å². The van der Waals surface area contributed by atoms with Crippen LogP contribution in [0.15, 0.2) is 29.2 Å². The molecule has 0 radical (unpaired) electrons. The molecule has 94 valence electrons. The predicted molar refractivity (Wildman–Crippen MR) is 76.6 cm³/mol. The number of hydrogen-bond donors (Lipinski definition) is 0. The minimum absolute atomic E-state index is 0.204. The van der Waals surface area contributed by atoms with E-state index in [1.807, 2.05) is 19.1 Å². The van der Waals surface area contributed by atoms with E-state index >= 15 is 0 Å². The highest BCUT2D eigenvalue weighted by molar-refractivity contribution is 8.18. The summed E-state index contributed by atoms with van der Waals surface area (Å²) in [6.45, 7) is 1.96. The Morgan fingerprint density at radius 2 is 1.76 bits per heavy atom. The first kappa shape index (κ1) is 13.3. The minimum atomic E-state index is -3.12. The maximum atomic E-state index is 12.2. The fraction of sp³-hybridized carbons (Fsp3) is 0.500. The van der Waals surface area contributed by atoms with E-state index in [2.05, 4.69) is 0 Å². The highest BCUT2D eigenvalue weighted by Gasteiger charge is 2.23. The van der Waals surface area contributed by atoms with Gasteiger partial charge in [-0.25, -0.2) is 8.42 Å². The molecule has 0 atom stereocenters. The first-order valence-electron chi connectivity index (χ1n) is 5.60. The van der Waals surface area contributed by atoms with Crippen molar-refractivity contribution in [3.8, 4) is 0 Å². The van der Waals surface area contributed by atoms with E-state index in [0.29, 0.717) is 4.90 Å². The molecule has 1 heterocycles. The summed E-state index contributed by atoms with van der Waals surface area (Å²) in [6.07, 6.45) is 1.19. The first-order valence-corrected chi connectivity index (χ1v) is 9.35. The van der Waals surface area contributed by atoms with Crippen molar-refractivity contribution in [3.63, 3.8) is 0 Å². The Labute approximate surface area is 111 Å². The smallest absolute Gasteiger partial charge is 0.180 e. The van der Waals surface area contributed by atoms with Crippen LogP contribution in [0.5, 0.6) is 0 Å². The van der Waals surface area contributed by atoms with Gasteiger partial charge < -0.3 is 0 Å². The highest BCUT2D eigenvalue weighted by Crippen LogP contribution is 2.32. The summed E-state index contributed by atoms with van der Waals surface area (Å²) in [7, 11) is -3.12. The van der Waals surface area contributed by atoms with Crippen LogP contribution in [0.4, 0.5) is 0 Å². The van der Waals surface area contributed by atoms with Crippen molar-refractivity contribution in [2.24, 2.45) is 0 Å². The van der Waals surface area contributed by atoms with Crippen LogP contribution in [-0.2, 0) is 9.84 Å². The van der Waals surface area contributed by atoms with Crippen LogP contribution in [0.2, 0.25) is 0 Å². The molecule has 1 aromatic rings. The van der Waals surface area contributed by atoms with Crippen LogP contribution < -0.4 is 0 Å². The molecule has 2 rings (SSSR count). The van der Waals surface area contributed by atoms with Gasteiger partial charge in [0.15, 0.2) is 9.84 Å². The molecule has 0 aromatic heterocycles. The Hall–Kier alpha value is -0.130. The minimum Gasteiger partial charge on any atom is -0.224 e. The predicted octanol–water partition coefficient (Wildman–Crippen LogP) is 2.96. The summed E-state index contributed by atoms with van der Waals surface area (Å²) in [5, 5.41) is 0. The number of rotatable bonds is 3. The molecule has 0 saturated carbocycles. The standard InChI is InChI=1S/C12H16O2S3/c1-10-3-5-11(6-4-10)17(13,14)9-12-15-7-2-8-16-12/h3-6,12H,2,7-9H2,1H3. The first-order chi connectivity index (χ1) is 8.08. The van der Waals surface area contributed by atoms with Crippen LogP contribution in [0.3, 0.4) is 0 Å². The van der Waals surface area contributed by atoms with Gasteiger partial charge in [-0.1, -0.05) is 17.7 Å². The maximum absolute atomic E-state index is 12.2. The van der Waals surface area contributed by atoms with E-state index in [4.69, 9.17) is 0 Å². The number of thioether (sulfide) groups is 2. The van der Waals surface area contributed by atoms with E-state index in [0.717, 1.165) is 17.1 Å². The second-order valence-corrected chi connectivity index (χ2v) is 9.07. The molecule has 2 nitrogen and oxygen atoms in total. The van der Waals surface area contributed by atoms with Crippen molar-refractivity contribution in [2.75, 3.05) is 17.3 Å². The van der Waals surface area contributed by atoms with Crippen LogP contribution in [0, 0.1) is 6.92 Å². The lowest BCUT2D eigenvalue weighted by Gasteiger charge is -2.20. The fourth-order valence-corrected chi connectivity index (χ4v) is 6.89. The lowest BCUT2D eigenvalue weighted by molar-refractivity contribution is 0.597. The molecule has 1 aromatic carbocycles. The summed E-state index contributed by atoms with van der Waals surface area (Å²) in [4.78, 5) is 0.454. The monoisotopic (exact) mass is 288 g/mol. The van der Waals surface area contributed by atoms with Gasteiger partial charge in [0.1, 0.15) is 0 Å². The summed E-state index contributed by atoms with van der Waals surface area (Å²) in [5.74, 6) is 2.42. The van der Waals surface area contributed by atoms with Crippen molar-refractivity contribution < 1.29 is 8.42 Å². The molecular weight excluding hydrogens is 272 g/mol. The zero-order valence-corrected chi connectivity index (χ0v) is 12.2. The van der Waals surface area contributed by atoms with Gasteiger partial charge in [-0.3, -0.25) is 0 Å². The quantitative estimate of drug-likeness (QED) is 0.856. The number of sulfone groups is 1. The third-order valence-corrected chi connectivity index (χ3v) is 7.76. The van der Waals surface area contributed by atoms with Gasteiger partial charge in [0, 0.05) is 0 Å². The van der Waals surface area contributed by atoms with Crippen molar-refractivity contribution in [3.05, 3.63) is 29.8 Å². The summed E-state index contributed by atoms with van der Waals surface area (Å²) in [6, 6.07) is 7.13. The van der Waals surface area contributed by atoms with Crippen LogP contribution in [-0.4, -0.2) is 30.3 Å². The van der Waals surface area contributed by atoms with Gasteiger partial charge in [0.05, 0.1) is 15.2 Å². The van der Waals surface area contributed by atoms with Crippen LogP contribution in [0.25, 0.3) is 0 Å². The summed E-state index contributed by atoms with van der Waals surface area (Å²) in [5.41, 5.74) is 1.09. The number of hydrogen-bond acceptors (Lipinski definition) is 4. The number of benzene rings is 1. The van der Waals surface area contributed by atoms with Crippen LogP contribution >= 0.6 is 23.5 Å². The van der Waals surface area contributed by atoms with Gasteiger partial charge in [-0.2, -0.15) is 0 Å². The lowest BCUT2D eigenvalue weighted by atomic mass is 10.2. The molecule has 17 heavy (non-hydrogen) atoms. The van der Waals surface area contributed by atoms with E-state index in [1.54, 1.807) is 35.7 Å². The molecule has 1 aliphatic heterocycles. The molecule has 1 fully saturated rings. The lowest BCUT2D eigenvalue weighted by Crippen LogP contribution is -2.19. The Morgan fingerprint density at radius 3 is 2.35 bits per heavy atom. The summed E-state index contributed by atoms with van der Waals surface area (Å²) < 4.78 is 24.6.